The highest BCUT2D eigenvalue weighted by atomic mass is 28.2. The lowest BCUT2D eigenvalue weighted by Gasteiger charge is -2.22. The van der Waals surface area contributed by atoms with Crippen molar-refractivity contribution in [3.8, 4) is 0 Å². The van der Waals surface area contributed by atoms with Crippen LogP contribution in [0, 0.1) is 0 Å². The number of hydrogen-bond acceptors (Lipinski definition) is 2. The molecule has 0 bridgehead atoms. The maximum Gasteiger partial charge on any atom is 0.249 e. The van der Waals surface area contributed by atoms with Gasteiger partial charge in [-0.25, -0.2) is 0 Å². The Morgan fingerprint density at radius 2 is 1.56 bits per heavy atom. The van der Waals surface area contributed by atoms with Gasteiger partial charge in [0.1, 0.15) is 6.29 Å². The predicted molar refractivity (Wildman–Crippen MR) is 66.3 cm³/mol. The van der Waals surface area contributed by atoms with Gasteiger partial charge in [0.2, 0.25) is 10.5 Å². The summed E-state index contributed by atoms with van der Waals surface area (Å²) >= 11 is 0. The summed E-state index contributed by atoms with van der Waals surface area (Å²) in [4.78, 5) is 0. The van der Waals surface area contributed by atoms with E-state index in [1.54, 1.807) is 0 Å². The van der Waals surface area contributed by atoms with Gasteiger partial charge in [0, 0.05) is 0 Å². The van der Waals surface area contributed by atoms with Crippen molar-refractivity contribution in [3.63, 3.8) is 0 Å². The standard InChI is InChI=1S/C13H19O2Si/c1-9(2)12-7-5-6-8-13(12)10(3)14-11(4)15-16/h5-11H,1-4H3. The summed E-state index contributed by atoms with van der Waals surface area (Å²) in [5.74, 6) is 0.502. The normalized spacial score (nSPS) is 15.1. The van der Waals surface area contributed by atoms with Crippen molar-refractivity contribution in [2.45, 2.75) is 46.0 Å². The highest BCUT2D eigenvalue weighted by molar-refractivity contribution is 5.98. The Balaban J connectivity index is 2.85. The van der Waals surface area contributed by atoms with Crippen LogP contribution in [0.5, 0.6) is 0 Å². The van der Waals surface area contributed by atoms with Gasteiger partial charge in [0.15, 0.2) is 0 Å². The summed E-state index contributed by atoms with van der Waals surface area (Å²) in [6, 6.07) is 8.37. The Morgan fingerprint density at radius 3 is 2.06 bits per heavy atom. The summed E-state index contributed by atoms with van der Waals surface area (Å²) < 4.78 is 10.6. The summed E-state index contributed by atoms with van der Waals surface area (Å²) in [5.41, 5.74) is 2.56. The minimum atomic E-state index is -0.258. The predicted octanol–water partition coefficient (Wildman–Crippen LogP) is 3.33. The van der Waals surface area contributed by atoms with E-state index in [1.165, 1.54) is 11.1 Å². The van der Waals surface area contributed by atoms with E-state index in [9.17, 15) is 0 Å². The van der Waals surface area contributed by atoms with Gasteiger partial charge in [-0.1, -0.05) is 38.1 Å². The lowest BCUT2D eigenvalue weighted by molar-refractivity contribution is -0.101. The first-order valence-electron chi connectivity index (χ1n) is 5.63. The van der Waals surface area contributed by atoms with Crippen LogP contribution in [-0.2, 0) is 9.16 Å². The van der Waals surface area contributed by atoms with Gasteiger partial charge in [0.05, 0.1) is 6.10 Å². The smallest absolute Gasteiger partial charge is 0.249 e. The molecule has 1 rings (SSSR count). The quantitative estimate of drug-likeness (QED) is 0.575. The van der Waals surface area contributed by atoms with Crippen LogP contribution in [-0.4, -0.2) is 16.8 Å². The first kappa shape index (κ1) is 13.4. The molecule has 1 aromatic rings. The van der Waals surface area contributed by atoms with E-state index in [4.69, 9.17) is 9.16 Å². The van der Waals surface area contributed by atoms with Crippen LogP contribution in [0.1, 0.15) is 50.8 Å². The molecule has 3 radical (unpaired) electrons. The van der Waals surface area contributed by atoms with Crippen molar-refractivity contribution in [3.05, 3.63) is 35.4 Å². The Morgan fingerprint density at radius 1 is 1.00 bits per heavy atom. The molecular weight excluding hydrogens is 216 g/mol. The highest BCUT2D eigenvalue weighted by Gasteiger charge is 2.14. The first-order chi connectivity index (χ1) is 7.56. The minimum Gasteiger partial charge on any atom is -0.394 e. The molecule has 2 atom stereocenters. The van der Waals surface area contributed by atoms with Crippen molar-refractivity contribution < 1.29 is 9.16 Å². The van der Waals surface area contributed by atoms with Gasteiger partial charge in [-0.15, -0.1) is 0 Å². The average Bonchev–Trinajstić information content (AvgIpc) is 2.28. The second-order valence-electron chi connectivity index (χ2n) is 4.25. The third-order valence-electron chi connectivity index (χ3n) is 2.62. The summed E-state index contributed by atoms with van der Waals surface area (Å²) in [7, 11) is 2.99. The number of hydrogen-bond donors (Lipinski definition) is 0. The van der Waals surface area contributed by atoms with Crippen LogP contribution in [0.4, 0.5) is 0 Å². The van der Waals surface area contributed by atoms with E-state index < -0.39 is 0 Å². The zero-order valence-electron chi connectivity index (χ0n) is 10.4. The lowest BCUT2D eigenvalue weighted by atomic mass is 9.94. The average molecular weight is 235 g/mol. The van der Waals surface area contributed by atoms with Crippen LogP contribution < -0.4 is 0 Å². The minimum absolute atomic E-state index is 0.0324. The summed E-state index contributed by atoms with van der Waals surface area (Å²) in [6.45, 7) is 8.29. The summed E-state index contributed by atoms with van der Waals surface area (Å²) in [5, 5.41) is 0. The molecule has 0 aliphatic rings. The fourth-order valence-corrected chi connectivity index (χ4v) is 1.85. The maximum atomic E-state index is 5.71. The molecule has 0 fully saturated rings. The molecule has 0 amide bonds. The summed E-state index contributed by atoms with van der Waals surface area (Å²) in [6.07, 6.45) is -0.225. The van der Waals surface area contributed by atoms with Crippen molar-refractivity contribution in [2.24, 2.45) is 0 Å². The fraction of sp³-hybridized carbons (Fsp3) is 0.538. The molecule has 3 heteroatoms. The van der Waals surface area contributed by atoms with E-state index in [2.05, 4.69) is 42.5 Å². The second kappa shape index (κ2) is 6.18. The SMILES string of the molecule is CC(O[Si])OC(C)c1ccccc1C(C)C. The fourth-order valence-electron chi connectivity index (χ4n) is 1.80. The molecule has 87 valence electrons. The molecule has 0 aliphatic carbocycles. The van der Waals surface area contributed by atoms with E-state index in [0.29, 0.717) is 5.92 Å². The zero-order chi connectivity index (χ0) is 12.1. The van der Waals surface area contributed by atoms with Crippen LogP contribution >= 0.6 is 0 Å². The topological polar surface area (TPSA) is 18.5 Å². The molecule has 16 heavy (non-hydrogen) atoms. The van der Waals surface area contributed by atoms with Gasteiger partial charge in [-0.2, -0.15) is 0 Å². The molecule has 2 nitrogen and oxygen atoms in total. The molecule has 0 saturated carbocycles. The zero-order valence-corrected chi connectivity index (χ0v) is 11.4. The molecule has 0 heterocycles. The van der Waals surface area contributed by atoms with Crippen molar-refractivity contribution in [2.75, 3.05) is 0 Å². The van der Waals surface area contributed by atoms with E-state index in [-0.39, 0.29) is 12.4 Å². The Bertz CT molecular complexity index is 325. The maximum absolute atomic E-state index is 5.71. The molecule has 0 N–H and O–H groups in total. The Hall–Kier alpha value is -0.643. The van der Waals surface area contributed by atoms with Crippen molar-refractivity contribution in [1.82, 2.24) is 0 Å². The Kier molecular flexibility index (Phi) is 5.18. The highest BCUT2D eigenvalue weighted by Crippen LogP contribution is 2.27. The molecule has 0 saturated heterocycles. The molecular formula is C13H19O2Si. The molecule has 0 spiro atoms. The van der Waals surface area contributed by atoms with Gasteiger partial charge in [-0.3, -0.25) is 0 Å². The van der Waals surface area contributed by atoms with E-state index >= 15 is 0 Å². The van der Waals surface area contributed by atoms with Gasteiger partial charge < -0.3 is 9.16 Å². The second-order valence-corrected chi connectivity index (χ2v) is 4.48. The van der Waals surface area contributed by atoms with Gasteiger partial charge in [0.25, 0.3) is 0 Å². The number of rotatable bonds is 5. The third-order valence-corrected chi connectivity index (χ3v) is 2.95. The van der Waals surface area contributed by atoms with Crippen LogP contribution in [0.2, 0.25) is 0 Å². The van der Waals surface area contributed by atoms with Gasteiger partial charge >= 0.3 is 0 Å². The van der Waals surface area contributed by atoms with E-state index in [1.807, 2.05) is 19.9 Å². The van der Waals surface area contributed by atoms with Crippen molar-refractivity contribution in [1.29, 1.82) is 0 Å². The molecule has 0 aliphatic heterocycles. The monoisotopic (exact) mass is 235 g/mol. The number of ether oxygens (including phenoxy) is 1. The molecule has 0 aromatic heterocycles. The van der Waals surface area contributed by atoms with Crippen LogP contribution in [0.25, 0.3) is 0 Å². The lowest BCUT2D eigenvalue weighted by Crippen LogP contribution is -2.15. The Labute approximate surface area is 102 Å². The first-order valence-corrected chi connectivity index (χ1v) is 6.03. The van der Waals surface area contributed by atoms with Crippen molar-refractivity contribution >= 4 is 10.5 Å². The third kappa shape index (κ3) is 3.44. The van der Waals surface area contributed by atoms with Gasteiger partial charge in [-0.05, 0) is 30.9 Å². The molecule has 1 aromatic carbocycles. The largest absolute Gasteiger partial charge is 0.394 e. The van der Waals surface area contributed by atoms with Crippen LogP contribution in [0.3, 0.4) is 0 Å². The molecule has 2 unspecified atom stereocenters. The van der Waals surface area contributed by atoms with Crippen LogP contribution in [0.15, 0.2) is 24.3 Å². The van der Waals surface area contributed by atoms with E-state index in [0.717, 1.165) is 0 Å². The number of benzene rings is 1.